The van der Waals surface area contributed by atoms with Crippen molar-refractivity contribution in [3.63, 3.8) is 0 Å². The zero-order valence-electron chi connectivity index (χ0n) is 10.7. The van der Waals surface area contributed by atoms with E-state index >= 15 is 0 Å². The predicted molar refractivity (Wildman–Crippen MR) is 76.5 cm³/mol. The molecule has 1 aromatic heterocycles. The van der Waals surface area contributed by atoms with Gasteiger partial charge >= 0.3 is 0 Å². The van der Waals surface area contributed by atoms with E-state index in [2.05, 4.69) is 21.2 Å². The lowest BCUT2D eigenvalue weighted by Gasteiger charge is -2.11. The summed E-state index contributed by atoms with van der Waals surface area (Å²) in [4.78, 5) is 13.6. The third kappa shape index (κ3) is 3.70. The van der Waals surface area contributed by atoms with Crippen molar-refractivity contribution in [1.29, 1.82) is 0 Å². The Labute approximate surface area is 119 Å². The molecule has 0 radical (unpaired) electrons. The Bertz CT molecular complexity index is 420. The van der Waals surface area contributed by atoms with Gasteiger partial charge in [-0.3, -0.25) is 4.79 Å². The number of ether oxygens (including phenoxy) is 1. The maximum atomic E-state index is 12.0. The Morgan fingerprint density at radius 1 is 1.61 bits per heavy atom. The Morgan fingerprint density at radius 2 is 2.28 bits per heavy atom. The van der Waals surface area contributed by atoms with Gasteiger partial charge in [0.1, 0.15) is 4.88 Å². The van der Waals surface area contributed by atoms with Crippen LogP contribution >= 0.6 is 27.3 Å². The van der Waals surface area contributed by atoms with Crippen LogP contribution in [0.4, 0.5) is 0 Å². The number of thiophene rings is 1. The van der Waals surface area contributed by atoms with Crippen molar-refractivity contribution < 1.29 is 14.6 Å². The molecular formula is C12H18BrNO3S. The van der Waals surface area contributed by atoms with Crippen LogP contribution in [0.2, 0.25) is 0 Å². The first-order valence-electron chi connectivity index (χ1n) is 5.73. The lowest BCUT2D eigenvalue weighted by Crippen LogP contribution is -2.28. The fourth-order valence-corrected chi connectivity index (χ4v) is 3.17. The average molecular weight is 336 g/mol. The minimum absolute atomic E-state index is 0.129. The molecule has 1 rings (SSSR count). The zero-order valence-corrected chi connectivity index (χ0v) is 13.2. The summed E-state index contributed by atoms with van der Waals surface area (Å²) in [6.07, 6.45) is 0.685. The Morgan fingerprint density at radius 3 is 2.83 bits per heavy atom. The van der Waals surface area contributed by atoms with Crippen molar-refractivity contribution >= 4 is 33.2 Å². The summed E-state index contributed by atoms with van der Waals surface area (Å²) in [7, 11) is 1.55. The smallest absolute Gasteiger partial charge is 0.265 e. The summed E-state index contributed by atoms with van der Waals surface area (Å²) in [5.41, 5.74) is 0. The molecule has 1 amide bonds. The highest BCUT2D eigenvalue weighted by Crippen LogP contribution is 2.38. The van der Waals surface area contributed by atoms with Crippen LogP contribution in [-0.4, -0.2) is 31.3 Å². The Balaban J connectivity index is 2.70. The Hall–Kier alpha value is -0.590. The Kier molecular flexibility index (Phi) is 6.11. The number of halogens is 1. The molecule has 0 aliphatic rings. The molecule has 0 bridgehead atoms. The van der Waals surface area contributed by atoms with Crippen LogP contribution in [0.5, 0.6) is 5.75 Å². The molecule has 6 heteroatoms. The lowest BCUT2D eigenvalue weighted by atomic mass is 10.1. The van der Waals surface area contributed by atoms with Gasteiger partial charge in [0, 0.05) is 18.0 Å². The van der Waals surface area contributed by atoms with Gasteiger partial charge in [-0.1, -0.05) is 6.92 Å². The van der Waals surface area contributed by atoms with E-state index in [1.165, 1.54) is 11.3 Å². The molecule has 1 unspecified atom stereocenters. The van der Waals surface area contributed by atoms with Gasteiger partial charge in [0.05, 0.1) is 11.6 Å². The van der Waals surface area contributed by atoms with Gasteiger partial charge in [-0.2, -0.15) is 0 Å². The second kappa shape index (κ2) is 7.11. The SMILES string of the molecule is COc1c(C(=O)NCC(C)CCO)sc(C)c1Br. The second-order valence-corrected chi connectivity index (χ2v) is 6.18. The number of hydrogen-bond donors (Lipinski definition) is 2. The predicted octanol–water partition coefficient (Wildman–Crippen LogP) is 2.58. The minimum Gasteiger partial charge on any atom is -0.494 e. The van der Waals surface area contributed by atoms with E-state index in [1.807, 2.05) is 13.8 Å². The van der Waals surface area contributed by atoms with Gasteiger partial charge in [-0.25, -0.2) is 0 Å². The van der Waals surface area contributed by atoms with Gasteiger partial charge < -0.3 is 15.2 Å². The number of aliphatic hydroxyl groups excluding tert-OH is 1. The monoisotopic (exact) mass is 335 g/mol. The van der Waals surface area contributed by atoms with E-state index in [9.17, 15) is 4.79 Å². The van der Waals surface area contributed by atoms with E-state index < -0.39 is 0 Å². The second-order valence-electron chi connectivity index (χ2n) is 4.16. The number of hydrogen-bond acceptors (Lipinski definition) is 4. The van der Waals surface area contributed by atoms with Crippen LogP contribution in [0.1, 0.15) is 27.9 Å². The third-order valence-corrected chi connectivity index (χ3v) is 4.92. The standard InChI is InChI=1S/C12H18BrNO3S/c1-7(4-5-15)6-14-12(16)11-10(17-3)9(13)8(2)18-11/h7,15H,4-6H2,1-3H3,(H,14,16). The summed E-state index contributed by atoms with van der Waals surface area (Å²) in [5.74, 6) is 0.717. The molecule has 2 N–H and O–H groups in total. The average Bonchev–Trinajstić information content (AvgIpc) is 2.63. The van der Waals surface area contributed by atoms with E-state index in [0.29, 0.717) is 23.6 Å². The molecule has 0 saturated heterocycles. The first-order valence-corrected chi connectivity index (χ1v) is 7.34. The molecule has 102 valence electrons. The fourth-order valence-electron chi connectivity index (χ4n) is 1.51. The van der Waals surface area contributed by atoms with Crippen LogP contribution in [0.3, 0.4) is 0 Å². The van der Waals surface area contributed by atoms with E-state index in [4.69, 9.17) is 9.84 Å². The molecule has 1 atom stereocenters. The topological polar surface area (TPSA) is 58.6 Å². The van der Waals surface area contributed by atoms with Crippen LogP contribution in [0, 0.1) is 12.8 Å². The first-order chi connectivity index (χ1) is 8.51. The summed E-state index contributed by atoms with van der Waals surface area (Å²) in [5, 5.41) is 11.7. The van der Waals surface area contributed by atoms with Crippen molar-refractivity contribution in [2.45, 2.75) is 20.3 Å². The van der Waals surface area contributed by atoms with E-state index in [1.54, 1.807) is 7.11 Å². The number of aliphatic hydroxyl groups is 1. The number of carbonyl (C=O) groups excluding carboxylic acids is 1. The maximum Gasteiger partial charge on any atom is 0.265 e. The summed E-state index contributed by atoms with van der Waals surface area (Å²) < 4.78 is 6.07. The highest BCUT2D eigenvalue weighted by atomic mass is 79.9. The first kappa shape index (κ1) is 15.5. The molecule has 0 fully saturated rings. The molecule has 18 heavy (non-hydrogen) atoms. The normalized spacial score (nSPS) is 12.3. The largest absolute Gasteiger partial charge is 0.494 e. The highest BCUT2D eigenvalue weighted by molar-refractivity contribution is 9.10. The van der Waals surface area contributed by atoms with Gasteiger partial charge in [0.25, 0.3) is 5.91 Å². The number of methoxy groups -OCH3 is 1. The third-order valence-electron chi connectivity index (χ3n) is 2.61. The lowest BCUT2D eigenvalue weighted by molar-refractivity contribution is 0.0946. The van der Waals surface area contributed by atoms with Crippen LogP contribution in [-0.2, 0) is 0 Å². The molecule has 4 nitrogen and oxygen atoms in total. The molecular weight excluding hydrogens is 318 g/mol. The van der Waals surface area contributed by atoms with Crippen molar-refractivity contribution in [3.05, 3.63) is 14.2 Å². The van der Waals surface area contributed by atoms with Gasteiger partial charge in [-0.05, 0) is 35.2 Å². The maximum absolute atomic E-state index is 12.0. The quantitative estimate of drug-likeness (QED) is 0.839. The molecule has 0 aliphatic carbocycles. The van der Waals surface area contributed by atoms with E-state index in [0.717, 1.165) is 9.35 Å². The summed E-state index contributed by atoms with van der Waals surface area (Å²) in [6.45, 7) is 4.62. The molecule has 1 aromatic rings. The number of nitrogens with one attached hydrogen (secondary N) is 1. The van der Waals surface area contributed by atoms with Crippen LogP contribution < -0.4 is 10.1 Å². The van der Waals surface area contributed by atoms with Crippen LogP contribution in [0.25, 0.3) is 0 Å². The van der Waals surface area contributed by atoms with Gasteiger partial charge in [-0.15, -0.1) is 11.3 Å². The van der Waals surface area contributed by atoms with Crippen molar-refractivity contribution in [1.82, 2.24) is 5.32 Å². The highest BCUT2D eigenvalue weighted by Gasteiger charge is 2.20. The van der Waals surface area contributed by atoms with Gasteiger partial charge in [0.15, 0.2) is 5.75 Å². The number of amides is 1. The zero-order chi connectivity index (χ0) is 13.7. The molecule has 0 saturated carbocycles. The van der Waals surface area contributed by atoms with Gasteiger partial charge in [0.2, 0.25) is 0 Å². The van der Waals surface area contributed by atoms with Crippen molar-refractivity contribution in [2.75, 3.05) is 20.3 Å². The van der Waals surface area contributed by atoms with Crippen molar-refractivity contribution in [2.24, 2.45) is 5.92 Å². The number of rotatable bonds is 6. The molecule has 1 heterocycles. The minimum atomic E-state index is -0.129. The molecule has 0 spiro atoms. The number of aryl methyl sites for hydroxylation is 1. The summed E-state index contributed by atoms with van der Waals surface area (Å²) >= 11 is 4.81. The molecule has 0 aliphatic heterocycles. The van der Waals surface area contributed by atoms with E-state index in [-0.39, 0.29) is 18.4 Å². The van der Waals surface area contributed by atoms with Crippen molar-refractivity contribution in [3.8, 4) is 5.75 Å². The number of carbonyl (C=O) groups is 1. The fraction of sp³-hybridized carbons (Fsp3) is 0.583. The summed E-state index contributed by atoms with van der Waals surface area (Å²) in [6, 6.07) is 0. The molecule has 0 aromatic carbocycles. The van der Waals surface area contributed by atoms with Crippen LogP contribution in [0.15, 0.2) is 4.47 Å².